The van der Waals surface area contributed by atoms with Gasteiger partial charge in [-0.05, 0) is 35.9 Å². The highest BCUT2D eigenvalue weighted by atomic mass is 16.5. The SMILES string of the molecule is C#CCNC(=O)c1ccccc1NC(=O)/C=C/c1ccc(OCC#N)c(OC)c1. The standard InChI is InChI=1S/C22H19N3O4/c1-3-13-24-22(27)17-6-4-5-7-18(17)25-21(26)11-9-16-8-10-19(29-14-12-23)20(15-16)28-2/h1,4-11,15H,13-14H2,2H3,(H,24,27)(H,25,26)/b11-9+. The van der Waals surface area contributed by atoms with Crippen LogP contribution >= 0.6 is 0 Å². The highest BCUT2D eigenvalue weighted by Gasteiger charge is 2.11. The summed E-state index contributed by atoms with van der Waals surface area (Å²) in [5, 5.41) is 13.8. The number of benzene rings is 2. The van der Waals surface area contributed by atoms with Gasteiger partial charge in [-0.15, -0.1) is 6.42 Å². The zero-order valence-corrected chi connectivity index (χ0v) is 15.8. The molecule has 7 nitrogen and oxygen atoms in total. The molecule has 0 bridgehead atoms. The van der Waals surface area contributed by atoms with Crippen LogP contribution in [0.25, 0.3) is 6.08 Å². The minimum absolute atomic E-state index is 0.0942. The van der Waals surface area contributed by atoms with Crippen LogP contribution in [-0.4, -0.2) is 32.1 Å². The van der Waals surface area contributed by atoms with Crippen LogP contribution in [-0.2, 0) is 4.79 Å². The number of amides is 2. The predicted molar refractivity (Wildman–Crippen MR) is 109 cm³/mol. The first-order valence-corrected chi connectivity index (χ1v) is 8.56. The molecule has 29 heavy (non-hydrogen) atoms. The van der Waals surface area contributed by atoms with E-state index in [9.17, 15) is 9.59 Å². The molecule has 0 aliphatic rings. The Morgan fingerprint density at radius 2 is 2.00 bits per heavy atom. The maximum atomic E-state index is 12.3. The van der Waals surface area contributed by atoms with Crippen LogP contribution in [0.4, 0.5) is 5.69 Å². The van der Waals surface area contributed by atoms with Crippen molar-refractivity contribution in [2.75, 3.05) is 25.6 Å². The molecule has 0 heterocycles. The largest absolute Gasteiger partial charge is 0.493 e. The number of hydrogen-bond donors (Lipinski definition) is 2. The lowest BCUT2D eigenvalue weighted by Crippen LogP contribution is -2.25. The third-order valence-corrected chi connectivity index (χ3v) is 3.69. The molecule has 2 N–H and O–H groups in total. The molecular formula is C22H19N3O4. The molecule has 0 radical (unpaired) electrons. The third-order valence-electron chi connectivity index (χ3n) is 3.69. The van der Waals surface area contributed by atoms with Gasteiger partial charge < -0.3 is 20.1 Å². The molecule has 2 amide bonds. The highest BCUT2D eigenvalue weighted by Crippen LogP contribution is 2.28. The van der Waals surface area contributed by atoms with Gasteiger partial charge in [-0.2, -0.15) is 5.26 Å². The van der Waals surface area contributed by atoms with Crippen molar-refractivity contribution in [3.63, 3.8) is 0 Å². The number of carbonyl (C=O) groups is 2. The van der Waals surface area contributed by atoms with E-state index < -0.39 is 5.91 Å². The Labute approximate surface area is 168 Å². The summed E-state index contributed by atoms with van der Waals surface area (Å²) in [7, 11) is 1.48. The van der Waals surface area contributed by atoms with Gasteiger partial charge in [-0.25, -0.2) is 0 Å². The van der Waals surface area contributed by atoms with E-state index in [1.165, 1.54) is 13.2 Å². The molecule has 146 valence electrons. The van der Waals surface area contributed by atoms with Gasteiger partial charge in [0.25, 0.3) is 5.91 Å². The Bertz CT molecular complexity index is 1000. The lowest BCUT2D eigenvalue weighted by molar-refractivity contribution is -0.111. The van der Waals surface area contributed by atoms with Gasteiger partial charge in [0.05, 0.1) is 24.9 Å². The van der Waals surface area contributed by atoms with Crippen molar-refractivity contribution in [1.29, 1.82) is 5.26 Å². The summed E-state index contributed by atoms with van der Waals surface area (Å²) in [5.74, 6) is 2.42. The van der Waals surface area contributed by atoms with Gasteiger partial charge in [0, 0.05) is 6.08 Å². The average molecular weight is 389 g/mol. The van der Waals surface area contributed by atoms with Crippen molar-refractivity contribution in [2.24, 2.45) is 0 Å². The number of methoxy groups -OCH3 is 1. The van der Waals surface area contributed by atoms with Crippen LogP contribution in [0.15, 0.2) is 48.5 Å². The minimum atomic E-state index is -0.411. The topological polar surface area (TPSA) is 100 Å². The van der Waals surface area contributed by atoms with E-state index in [1.54, 1.807) is 48.5 Å². The van der Waals surface area contributed by atoms with Gasteiger partial charge in [-0.1, -0.05) is 24.1 Å². The second-order valence-electron chi connectivity index (χ2n) is 5.61. The van der Waals surface area contributed by atoms with Crippen LogP contribution < -0.4 is 20.1 Å². The summed E-state index contributed by atoms with van der Waals surface area (Å²) in [4.78, 5) is 24.4. The molecule has 7 heteroatoms. The molecule has 0 aliphatic carbocycles. The van der Waals surface area contributed by atoms with Gasteiger partial charge in [-0.3, -0.25) is 9.59 Å². The fourth-order valence-corrected chi connectivity index (χ4v) is 2.38. The lowest BCUT2D eigenvalue weighted by atomic mass is 10.1. The van der Waals surface area contributed by atoms with E-state index in [4.69, 9.17) is 21.2 Å². The molecule has 0 aromatic heterocycles. The van der Waals surface area contributed by atoms with Crippen LogP contribution in [0.2, 0.25) is 0 Å². The van der Waals surface area contributed by atoms with Crippen LogP contribution in [0.3, 0.4) is 0 Å². The quantitative estimate of drug-likeness (QED) is 0.534. The monoisotopic (exact) mass is 389 g/mol. The summed E-state index contributed by atoms with van der Waals surface area (Å²) in [6.07, 6.45) is 8.07. The third kappa shape index (κ3) is 6.16. The molecule has 0 aliphatic heterocycles. The molecule has 0 fully saturated rings. The zero-order valence-electron chi connectivity index (χ0n) is 15.8. The summed E-state index contributed by atoms with van der Waals surface area (Å²) in [5.41, 5.74) is 1.38. The van der Waals surface area contributed by atoms with E-state index in [0.29, 0.717) is 28.3 Å². The number of ether oxygens (including phenoxy) is 2. The van der Waals surface area contributed by atoms with Gasteiger partial charge in [0.2, 0.25) is 5.91 Å². The number of nitrogens with zero attached hydrogens (tertiary/aromatic N) is 1. The minimum Gasteiger partial charge on any atom is -0.493 e. The molecule has 0 saturated carbocycles. The first-order chi connectivity index (χ1) is 14.1. The fraction of sp³-hybridized carbons (Fsp3) is 0.136. The van der Waals surface area contributed by atoms with Crippen LogP contribution in [0, 0.1) is 23.7 Å². The molecule has 0 unspecified atom stereocenters. The Kier molecular flexibility index (Phi) is 7.85. The van der Waals surface area contributed by atoms with E-state index in [1.807, 2.05) is 6.07 Å². The maximum Gasteiger partial charge on any atom is 0.254 e. The van der Waals surface area contributed by atoms with E-state index in [2.05, 4.69) is 16.6 Å². The number of hydrogen-bond acceptors (Lipinski definition) is 5. The first kappa shape index (κ1) is 21.1. The Hall–Kier alpha value is -4.23. The normalized spacial score (nSPS) is 9.90. The van der Waals surface area contributed by atoms with E-state index in [-0.39, 0.29) is 19.1 Å². The Morgan fingerprint density at radius 1 is 1.21 bits per heavy atom. The first-order valence-electron chi connectivity index (χ1n) is 8.56. The van der Waals surface area contributed by atoms with Crippen LogP contribution in [0.1, 0.15) is 15.9 Å². The van der Waals surface area contributed by atoms with E-state index in [0.717, 1.165) is 0 Å². The molecule has 0 spiro atoms. The highest BCUT2D eigenvalue weighted by molar-refractivity contribution is 6.07. The van der Waals surface area contributed by atoms with Crippen molar-refractivity contribution in [3.05, 3.63) is 59.7 Å². The van der Waals surface area contributed by atoms with Crippen LogP contribution in [0.5, 0.6) is 11.5 Å². The number of anilines is 1. The van der Waals surface area contributed by atoms with Crippen molar-refractivity contribution in [1.82, 2.24) is 5.32 Å². The fourth-order valence-electron chi connectivity index (χ4n) is 2.38. The van der Waals surface area contributed by atoms with E-state index >= 15 is 0 Å². The summed E-state index contributed by atoms with van der Waals surface area (Å²) in [6.45, 7) is -0.000786. The van der Waals surface area contributed by atoms with Gasteiger partial charge >= 0.3 is 0 Å². The number of rotatable bonds is 8. The Morgan fingerprint density at radius 3 is 2.72 bits per heavy atom. The second kappa shape index (κ2) is 10.8. The number of terminal acetylenes is 1. The molecule has 2 aromatic carbocycles. The summed E-state index contributed by atoms with van der Waals surface area (Å²) < 4.78 is 10.5. The van der Waals surface area contributed by atoms with Crippen molar-refractivity contribution < 1.29 is 19.1 Å². The number of para-hydroxylation sites is 1. The molecule has 0 atom stereocenters. The lowest BCUT2D eigenvalue weighted by Gasteiger charge is -2.10. The maximum absolute atomic E-state index is 12.3. The van der Waals surface area contributed by atoms with Crippen molar-refractivity contribution >= 4 is 23.6 Å². The molecule has 0 saturated heterocycles. The Balaban J connectivity index is 2.10. The second-order valence-corrected chi connectivity index (χ2v) is 5.61. The predicted octanol–water partition coefficient (Wildman–Crippen LogP) is 2.61. The van der Waals surface area contributed by atoms with Gasteiger partial charge in [0.1, 0.15) is 6.07 Å². The summed E-state index contributed by atoms with van der Waals surface area (Å²) in [6, 6.07) is 13.6. The molecular weight excluding hydrogens is 370 g/mol. The smallest absolute Gasteiger partial charge is 0.254 e. The average Bonchev–Trinajstić information content (AvgIpc) is 2.75. The number of nitrogens with one attached hydrogen (secondary N) is 2. The number of nitriles is 1. The molecule has 2 rings (SSSR count). The van der Waals surface area contributed by atoms with Crippen molar-refractivity contribution in [2.45, 2.75) is 0 Å². The molecule has 2 aromatic rings. The summed E-state index contributed by atoms with van der Waals surface area (Å²) >= 11 is 0. The zero-order chi connectivity index (χ0) is 21.1. The van der Waals surface area contributed by atoms with Crippen molar-refractivity contribution in [3.8, 4) is 29.9 Å². The number of carbonyl (C=O) groups excluding carboxylic acids is 2. The van der Waals surface area contributed by atoms with Gasteiger partial charge in [0.15, 0.2) is 18.1 Å².